The third-order valence-electron chi connectivity index (χ3n) is 3.86. The fourth-order valence-corrected chi connectivity index (χ4v) is 3.51. The number of aromatic nitrogens is 2. The number of halogens is 1. The predicted octanol–water partition coefficient (Wildman–Crippen LogP) is 2.65. The number of rotatable bonds is 4. The normalized spacial score (nSPS) is 23.9. The van der Waals surface area contributed by atoms with Crippen LogP contribution in [0.2, 0.25) is 0 Å². The van der Waals surface area contributed by atoms with Crippen LogP contribution in [0.5, 0.6) is 0 Å². The van der Waals surface area contributed by atoms with Crippen LogP contribution in [-0.2, 0) is 0 Å². The Hall–Kier alpha value is -0.840. The number of carbonyl (C=O) groups excluding carboxylic acids is 1. The van der Waals surface area contributed by atoms with E-state index in [4.69, 9.17) is 0 Å². The van der Waals surface area contributed by atoms with E-state index in [-0.39, 0.29) is 5.91 Å². The molecule has 1 fully saturated rings. The van der Waals surface area contributed by atoms with Gasteiger partial charge in [-0.2, -0.15) is 5.10 Å². The first-order valence-electron chi connectivity index (χ1n) is 6.56. The zero-order chi connectivity index (χ0) is 13.0. The molecule has 0 bridgehead atoms. The average molecular weight is 314 g/mol. The van der Waals surface area contributed by atoms with Gasteiger partial charge in [0.05, 0.1) is 11.8 Å². The van der Waals surface area contributed by atoms with Gasteiger partial charge in [-0.3, -0.25) is 9.89 Å². The van der Waals surface area contributed by atoms with Crippen molar-refractivity contribution in [1.29, 1.82) is 0 Å². The van der Waals surface area contributed by atoms with E-state index in [1.54, 1.807) is 6.20 Å². The van der Waals surface area contributed by atoms with Crippen molar-refractivity contribution in [3.8, 4) is 0 Å². The molecule has 1 aromatic rings. The van der Waals surface area contributed by atoms with Crippen molar-refractivity contribution < 1.29 is 4.79 Å². The minimum absolute atomic E-state index is 0.0138. The van der Waals surface area contributed by atoms with Crippen LogP contribution in [0, 0.1) is 18.8 Å². The molecule has 1 saturated carbocycles. The van der Waals surface area contributed by atoms with Crippen molar-refractivity contribution in [3.05, 3.63) is 17.5 Å². The summed E-state index contributed by atoms with van der Waals surface area (Å²) in [5, 5.41) is 10.7. The maximum atomic E-state index is 12.0. The molecule has 1 aliphatic carbocycles. The molecule has 2 N–H and O–H groups in total. The number of hydrogen-bond donors (Lipinski definition) is 2. The molecule has 2 atom stereocenters. The molecule has 0 spiro atoms. The molecule has 1 aromatic heterocycles. The first-order chi connectivity index (χ1) is 8.72. The third-order valence-corrected chi connectivity index (χ3v) is 4.70. The van der Waals surface area contributed by atoms with Gasteiger partial charge in [0.15, 0.2) is 0 Å². The lowest BCUT2D eigenvalue weighted by Crippen LogP contribution is -2.34. The molecule has 0 aromatic carbocycles. The standard InChI is InChI=1S/C13H20BrN3O/c1-9-12(8-16-17-9)13(18)15-7-11-5-3-2-4-10(11)6-14/h8,10-11H,2-7H2,1H3,(H,15,18)(H,16,17). The SMILES string of the molecule is Cc1[nH]ncc1C(=O)NCC1CCCCC1CBr. The molecule has 0 saturated heterocycles. The van der Waals surface area contributed by atoms with E-state index in [0.29, 0.717) is 17.4 Å². The summed E-state index contributed by atoms with van der Waals surface area (Å²) in [5.41, 5.74) is 1.48. The molecule has 5 heteroatoms. The van der Waals surface area contributed by atoms with E-state index in [1.807, 2.05) is 6.92 Å². The maximum Gasteiger partial charge on any atom is 0.254 e. The summed E-state index contributed by atoms with van der Waals surface area (Å²) in [6.07, 6.45) is 6.70. The van der Waals surface area contributed by atoms with Gasteiger partial charge in [0.2, 0.25) is 0 Å². The number of carbonyl (C=O) groups is 1. The van der Waals surface area contributed by atoms with Crippen LogP contribution in [0.4, 0.5) is 0 Å². The lowest BCUT2D eigenvalue weighted by Gasteiger charge is -2.30. The van der Waals surface area contributed by atoms with Gasteiger partial charge in [-0.15, -0.1) is 0 Å². The third kappa shape index (κ3) is 3.13. The van der Waals surface area contributed by atoms with Gasteiger partial charge in [0.1, 0.15) is 0 Å². The van der Waals surface area contributed by atoms with Gasteiger partial charge in [-0.25, -0.2) is 0 Å². The number of hydrogen-bond acceptors (Lipinski definition) is 2. The van der Waals surface area contributed by atoms with Crippen molar-refractivity contribution in [2.75, 3.05) is 11.9 Å². The fraction of sp³-hybridized carbons (Fsp3) is 0.692. The summed E-state index contributed by atoms with van der Waals surface area (Å²) in [6.45, 7) is 2.64. The van der Waals surface area contributed by atoms with Crippen LogP contribution in [0.3, 0.4) is 0 Å². The van der Waals surface area contributed by atoms with E-state index in [2.05, 4.69) is 31.4 Å². The second-order valence-electron chi connectivity index (χ2n) is 5.08. The summed E-state index contributed by atoms with van der Waals surface area (Å²) in [7, 11) is 0. The van der Waals surface area contributed by atoms with E-state index in [1.165, 1.54) is 25.7 Å². The lowest BCUT2D eigenvalue weighted by molar-refractivity contribution is 0.0936. The largest absolute Gasteiger partial charge is 0.352 e. The molecule has 0 radical (unpaired) electrons. The molecule has 4 nitrogen and oxygen atoms in total. The highest BCUT2D eigenvalue weighted by atomic mass is 79.9. The molecule has 0 aliphatic heterocycles. The molecule has 18 heavy (non-hydrogen) atoms. The number of nitrogens with zero attached hydrogens (tertiary/aromatic N) is 1. The number of H-pyrrole nitrogens is 1. The molecular formula is C13H20BrN3O. The van der Waals surface area contributed by atoms with Crippen LogP contribution in [0.25, 0.3) is 0 Å². The van der Waals surface area contributed by atoms with Crippen molar-refractivity contribution >= 4 is 21.8 Å². The Morgan fingerprint density at radius 1 is 1.50 bits per heavy atom. The molecule has 1 amide bonds. The minimum Gasteiger partial charge on any atom is -0.352 e. The van der Waals surface area contributed by atoms with Gasteiger partial charge < -0.3 is 5.32 Å². The van der Waals surface area contributed by atoms with Crippen LogP contribution in [-0.4, -0.2) is 28.0 Å². The molecule has 2 unspecified atom stereocenters. The van der Waals surface area contributed by atoms with Gasteiger partial charge in [-0.05, 0) is 31.6 Å². The highest BCUT2D eigenvalue weighted by molar-refractivity contribution is 9.09. The highest BCUT2D eigenvalue weighted by Gasteiger charge is 2.24. The van der Waals surface area contributed by atoms with E-state index in [9.17, 15) is 4.79 Å². The monoisotopic (exact) mass is 313 g/mol. The van der Waals surface area contributed by atoms with Gasteiger partial charge in [0.25, 0.3) is 5.91 Å². The van der Waals surface area contributed by atoms with Crippen molar-refractivity contribution in [3.63, 3.8) is 0 Å². The van der Waals surface area contributed by atoms with Gasteiger partial charge >= 0.3 is 0 Å². The highest BCUT2D eigenvalue weighted by Crippen LogP contribution is 2.30. The quantitative estimate of drug-likeness (QED) is 0.840. The molecule has 1 heterocycles. The Morgan fingerprint density at radius 2 is 2.22 bits per heavy atom. The first-order valence-corrected chi connectivity index (χ1v) is 7.68. The molecule has 1 aliphatic rings. The first kappa shape index (κ1) is 13.6. The number of amides is 1. The molecular weight excluding hydrogens is 294 g/mol. The van der Waals surface area contributed by atoms with Crippen molar-refractivity contribution in [2.45, 2.75) is 32.6 Å². The maximum absolute atomic E-state index is 12.0. The summed E-state index contributed by atoms with van der Waals surface area (Å²) in [5.74, 6) is 1.29. The van der Waals surface area contributed by atoms with Crippen molar-refractivity contribution in [2.24, 2.45) is 11.8 Å². The predicted molar refractivity (Wildman–Crippen MR) is 74.9 cm³/mol. The van der Waals surface area contributed by atoms with Crippen LogP contribution in [0.1, 0.15) is 41.7 Å². The second kappa shape index (κ2) is 6.36. The Labute approximate surface area is 116 Å². The second-order valence-corrected chi connectivity index (χ2v) is 5.73. The van der Waals surface area contributed by atoms with Crippen LogP contribution in [0.15, 0.2) is 6.20 Å². The summed E-state index contributed by atoms with van der Waals surface area (Å²) >= 11 is 3.58. The summed E-state index contributed by atoms with van der Waals surface area (Å²) in [6, 6.07) is 0. The number of alkyl halides is 1. The zero-order valence-electron chi connectivity index (χ0n) is 10.7. The van der Waals surface area contributed by atoms with E-state index >= 15 is 0 Å². The van der Waals surface area contributed by atoms with Crippen LogP contribution < -0.4 is 5.32 Å². The van der Waals surface area contributed by atoms with Gasteiger partial charge in [0, 0.05) is 17.6 Å². The topological polar surface area (TPSA) is 57.8 Å². The summed E-state index contributed by atoms with van der Waals surface area (Å²) < 4.78 is 0. The fourth-order valence-electron chi connectivity index (χ4n) is 2.65. The van der Waals surface area contributed by atoms with Crippen molar-refractivity contribution in [1.82, 2.24) is 15.5 Å². The Morgan fingerprint density at radius 3 is 2.83 bits per heavy atom. The Bertz CT molecular complexity index is 405. The molecule has 2 rings (SSSR count). The van der Waals surface area contributed by atoms with E-state index < -0.39 is 0 Å². The van der Waals surface area contributed by atoms with Gasteiger partial charge in [-0.1, -0.05) is 28.8 Å². The Kier molecular flexibility index (Phi) is 4.80. The minimum atomic E-state index is -0.0138. The number of nitrogens with one attached hydrogen (secondary N) is 2. The smallest absolute Gasteiger partial charge is 0.254 e. The number of aryl methyl sites for hydroxylation is 1. The van der Waals surface area contributed by atoms with E-state index in [0.717, 1.165) is 17.6 Å². The van der Waals surface area contributed by atoms with Crippen LogP contribution >= 0.6 is 15.9 Å². The Balaban J connectivity index is 1.87. The lowest BCUT2D eigenvalue weighted by atomic mass is 9.80. The number of aromatic amines is 1. The zero-order valence-corrected chi connectivity index (χ0v) is 12.3. The average Bonchev–Trinajstić information content (AvgIpc) is 2.82. The summed E-state index contributed by atoms with van der Waals surface area (Å²) in [4.78, 5) is 12.0. The molecule has 100 valence electrons.